The SMILES string of the molecule is CCOC(=O)c1cc(-c2ccccc2C(F)(F)F)cnc1OC. The lowest BCUT2D eigenvalue weighted by molar-refractivity contribution is -0.137. The van der Waals surface area contributed by atoms with Crippen LogP contribution in [-0.4, -0.2) is 24.7 Å². The summed E-state index contributed by atoms with van der Waals surface area (Å²) in [5.74, 6) is -0.708. The predicted octanol–water partition coefficient (Wildman–Crippen LogP) is 3.95. The van der Waals surface area contributed by atoms with E-state index in [-0.39, 0.29) is 29.2 Å². The summed E-state index contributed by atoms with van der Waals surface area (Å²) in [5.41, 5.74) is -0.743. The Morgan fingerprint density at radius 2 is 1.96 bits per heavy atom. The molecular weight excluding hydrogens is 311 g/mol. The number of alkyl halides is 3. The van der Waals surface area contributed by atoms with Crippen molar-refractivity contribution in [1.29, 1.82) is 0 Å². The molecule has 4 nitrogen and oxygen atoms in total. The molecule has 0 saturated heterocycles. The van der Waals surface area contributed by atoms with Crippen molar-refractivity contribution in [3.8, 4) is 17.0 Å². The molecule has 0 bridgehead atoms. The van der Waals surface area contributed by atoms with E-state index < -0.39 is 17.7 Å². The second-order valence-corrected chi connectivity index (χ2v) is 4.54. The lowest BCUT2D eigenvalue weighted by Crippen LogP contribution is -2.10. The molecule has 2 rings (SSSR count). The first-order valence-corrected chi connectivity index (χ1v) is 6.76. The number of ether oxygens (including phenoxy) is 2. The van der Waals surface area contributed by atoms with Crippen LogP contribution in [0, 0.1) is 0 Å². The maximum atomic E-state index is 13.1. The van der Waals surface area contributed by atoms with E-state index in [9.17, 15) is 18.0 Å². The molecular formula is C16H14F3NO3. The first-order chi connectivity index (χ1) is 10.9. The zero-order chi connectivity index (χ0) is 17.0. The maximum absolute atomic E-state index is 13.1. The number of hydrogen-bond acceptors (Lipinski definition) is 4. The van der Waals surface area contributed by atoms with Crippen LogP contribution in [-0.2, 0) is 10.9 Å². The normalized spacial score (nSPS) is 11.2. The highest BCUT2D eigenvalue weighted by atomic mass is 19.4. The van der Waals surface area contributed by atoms with Crippen molar-refractivity contribution < 1.29 is 27.4 Å². The molecule has 0 radical (unpaired) electrons. The summed E-state index contributed by atoms with van der Waals surface area (Å²) in [4.78, 5) is 15.8. The number of benzene rings is 1. The Kier molecular flexibility index (Phi) is 4.88. The van der Waals surface area contributed by atoms with Gasteiger partial charge in [0.15, 0.2) is 0 Å². The van der Waals surface area contributed by atoms with Crippen LogP contribution in [0.2, 0.25) is 0 Å². The van der Waals surface area contributed by atoms with Crippen LogP contribution in [0.3, 0.4) is 0 Å². The molecule has 0 spiro atoms. The Labute approximate surface area is 130 Å². The van der Waals surface area contributed by atoms with Crippen LogP contribution < -0.4 is 4.74 Å². The van der Waals surface area contributed by atoms with Gasteiger partial charge in [-0.05, 0) is 24.6 Å². The quantitative estimate of drug-likeness (QED) is 0.799. The molecule has 0 unspecified atom stereocenters. The van der Waals surface area contributed by atoms with Crippen LogP contribution in [0.1, 0.15) is 22.8 Å². The van der Waals surface area contributed by atoms with Gasteiger partial charge in [0, 0.05) is 11.8 Å². The molecule has 0 fully saturated rings. The van der Waals surface area contributed by atoms with Gasteiger partial charge in [-0.25, -0.2) is 9.78 Å². The molecule has 1 aromatic heterocycles. The highest BCUT2D eigenvalue weighted by Crippen LogP contribution is 2.37. The van der Waals surface area contributed by atoms with Crippen LogP contribution in [0.15, 0.2) is 36.5 Å². The summed E-state index contributed by atoms with van der Waals surface area (Å²) in [6, 6.07) is 6.37. The molecule has 0 aliphatic rings. The number of pyridine rings is 1. The van der Waals surface area contributed by atoms with E-state index in [1.165, 1.54) is 37.6 Å². The highest BCUT2D eigenvalue weighted by Gasteiger charge is 2.33. The van der Waals surface area contributed by atoms with Crippen LogP contribution >= 0.6 is 0 Å². The monoisotopic (exact) mass is 325 g/mol. The summed E-state index contributed by atoms with van der Waals surface area (Å²) in [6.07, 6.45) is -3.28. The van der Waals surface area contributed by atoms with E-state index in [1.54, 1.807) is 6.92 Å². The fourth-order valence-electron chi connectivity index (χ4n) is 2.10. The maximum Gasteiger partial charge on any atom is 0.417 e. The average Bonchev–Trinajstić information content (AvgIpc) is 2.53. The number of nitrogens with zero attached hydrogens (tertiary/aromatic N) is 1. The number of hydrogen-bond donors (Lipinski definition) is 0. The van der Waals surface area contributed by atoms with Gasteiger partial charge in [0.25, 0.3) is 0 Å². The van der Waals surface area contributed by atoms with E-state index in [4.69, 9.17) is 9.47 Å². The molecule has 1 aromatic carbocycles. The number of halogens is 3. The predicted molar refractivity (Wildman–Crippen MR) is 77.2 cm³/mol. The van der Waals surface area contributed by atoms with E-state index in [0.29, 0.717) is 0 Å². The van der Waals surface area contributed by atoms with Gasteiger partial charge in [-0.2, -0.15) is 13.2 Å². The van der Waals surface area contributed by atoms with Crippen molar-refractivity contribution in [2.45, 2.75) is 13.1 Å². The van der Waals surface area contributed by atoms with Crippen molar-refractivity contribution in [2.24, 2.45) is 0 Å². The summed E-state index contributed by atoms with van der Waals surface area (Å²) >= 11 is 0. The highest BCUT2D eigenvalue weighted by molar-refractivity contribution is 5.93. The third-order valence-electron chi connectivity index (χ3n) is 3.08. The summed E-state index contributed by atoms with van der Waals surface area (Å²) in [5, 5.41) is 0. The summed E-state index contributed by atoms with van der Waals surface area (Å²) < 4.78 is 49.2. The fourth-order valence-corrected chi connectivity index (χ4v) is 2.10. The van der Waals surface area contributed by atoms with E-state index >= 15 is 0 Å². The van der Waals surface area contributed by atoms with Crippen molar-refractivity contribution in [2.75, 3.05) is 13.7 Å². The number of rotatable bonds is 4. The number of methoxy groups -OCH3 is 1. The number of aromatic nitrogens is 1. The van der Waals surface area contributed by atoms with Gasteiger partial charge >= 0.3 is 12.1 Å². The molecule has 7 heteroatoms. The van der Waals surface area contributed by atoms with Gasteiger partial charge < -0.3 is 9.47 Å². The molecule has 0 amide bonds. The largest absolute Gasteiger partial charge is 0.480 e. The Morgan fingerprint density at radius 1 is 1.26 bits per heavy atom. The Balaban J connectivity index is 2.58. The third kappa shape index (κ3) is 3.61. The van der Waals surface area contributed by atoms with Crippen molar-refractivity contribution >= 4 is 5.97 Å². The molecule has 0 saturated carbocycles. The van der Waals surface area contributed by atoms with Gasteiger partial charge in [0.2, 0.25) is 5.88 Å². The molecule has 0 N–H and O–H groups in total. The first-order valence-electron chi connectivity index (χ1n) is 6.76. The minimum Gasteiger partial charge on any atom is -0.480 e. The van der Waals surface area contributed by atoms with Crippen LogP contribution in [0.25, 0.3) is 11.1 Å². The van der Waals surface area contributed by atoms with Gasteiger partial charge in [-0.15, -0.1) is 0 Å². The minimum atomic E-state index is -4.51. The smallest absolute Gasteiger partial charge is 0.417 e. The lowest BCUT2D eigenvalue weighted by Gasteiger charge is -2.14. The Hall–Kier alpha value is -2.57. The Morgan fingerprint density at radius 3 is 2.57 bits per heavy atom. The molecule has 122 valence electrons. The fraction of sp³-hybridized carbons (Fsp3) is 0.250. The van der Waals surface area contributed by atoms with Gasteiger partial charge in [0.1, 0.15) is 5.56 Å². The number of carbonyl (C=O) groups is 1. The van der Waals surface area contributed by atoms with E-state index in [2.05, 4.69) is 4.98 Å². The molecule has 2 aromatic rings. The van der Waals surface area contributed by atoms with Crippen molar-refractivity contribution in [1.82, 2.24) is 4.98 Å². The van der Waals surface area contributed by atoms with Crippen LogP contribution in [0.4, 0.5) is 13.2 Å². The zero-order valence-electron chi connectivity index (χ0n) is 12.5. The van der Waals surface area contributed by atoms with Gasteiger partial charge in [0.05, 0.1) is 19.3 Å². The number of carbonyl (C=O) groups excluding carboxylic acids is 1. The summed E-state index contributed by atoms with van der Waals surface area (Å²) in [7, 11) is 1.31. The molecule has 1 heterocycles. The molecule has 0 aliphatic heterocycles. The topological polar surface area (TPSA) is 48.4 Å². The molecule has 0 atom stereocenters. The van der Waals surface area contributed by atoms with E-state index in [0.717, 1.165) is 6.07 Å². The van der Waals surface area contributed by atoms with Crippen LogP contribution in [0.5, 0.6) is 5.88 Å². The Bertz CT molecular complexity index is 714. The third-order valence-corrected chi connectivity index (χ3v) is 3.08. The van der Waals surface area contributed by atoms with Crippen molar-refractivity contribution in [3.63, 3.8) is 0 Å². The summed E-state index contributed by atoms with van der Waals surface area (Å²) in [6.45, 7) is 1.76. The van der Waals surface area contributed by atoms with Crippen molar-refractivity contribution in [3.05, 3.63) is 47.7 Å². The molecule has 23 heavy (non-hydrogen) atoms. The van der Waals surface area contributed by atoms with Gasteiger partial charge in [-0.3, -0.25) is 0 Å². The van der Waals surface area contributed by atoms with E-state index in [1.807, 2.05) is 0 Å². The number of esters is 1. The first kappa shape index (κ1) is 16.8. The van der Waals surface area contributed by atoms with Gasteiger partial charge in [-0.1, -0.05) is 18.2 Å². The minimum absolute atomic E-state index is 0.00307. The average molecular weight is 325 g/mol. The second-order valence-electron chi connectivity index (χ2n) is 4.54. The molecule has 0 aliphatic carbocycles. The standard InChI is InChI=1S/C16H14F3NO3/c1-3-23-15(21)12-8-10(9-20-14(12)22-2)11-6-4-5-7-13(11)16(17,18)19/h4-9H,3H2,1-2H3. The lowest BCUT2D eigenvalue weighted by atomic mass is 9.99. The second kappa shape index (κ2) is 6.68. The zero-order valence-corrected chi connectivity index (χ0v) is 12.5.